The van der Waals surface area contributed by atoms with E-state index in [2.05, 4.69) is 12.2 Å². The van der Waals surface area contributed by atoms with Crippen LogP contribution in [0.3, 0.4) is 0 Å². The molecule has 70 valence electrons. The maximum Gasteiger partial charge on any atom is 0.152 e. The summed E-state index contributed by atoms with van der Waals surface area (Å²) in [4.78, 5) is 11.7. The van der Waals surface area contributed by atoms with E-state index in [1.807, 2.05) is 7.05 Å². The highest BCUT2D eigenvalue weighted by molar-refractivity contribution is 5.86. The zero-order valence-electron chi connectivity index (χ0n) is 8.15. The smallest absolute Gasteiger partial charge is 0.152 e. The number of Topliss-reactive ketones (excluding diaryl/α,β-unsaturated/α-hetero) is 1. The van der Waals surface area contributed by atoms with E-state index in [4.69, 9.17) is 0 Å². The van der Waals surface area contributed by atoms with E-state index in [-0.39, 0.29) is 5.41 Å². The second-order valence-corrected chi connectivity index (χ2v) is 4.07. The van der Waals surface area contributed by atoms with Crippen molar-refractivity contribution in [3.05, 3.63) is 0 Å². The molecule has 0 aromatic heterocycles. The van der Waals surface area contributed by atoms with Gasteiger partial charge in [0.1, 0.15) is 0 Å². The maximum atomic E-state index is 11.7. The molecule has 0 amide bonds. The van der Waals surface area contributed by atoms with E-state index in [0.717, 1.165) is 12.8 Å². The van der Waals surface area contributed by atoms with Crippen LogP contribution >= 0.6 is 0 Å². The Morgan fingerprint density at radius 2 is 1.92 bits per heavy atom. The molecule has 0 atom stereocenters. The average Bonchev–Trinajstić information content (AvgIpc) is 2.06. The number of ketones is 1. The first kappa shape index (κ1) is 9.72. The summed E-state index contributed by atoms with van der Waals surface area (Å²) in [6, 6.07) is 0. The molecular weight excluding hydrogens is 150 g/mol. The monoisotopic (exact) mass is 169 g/mol. The van der Waals surface area contributed by atoms with Crippen molar-refractivity contribution in [3.63, 3.8) is 0 Å². The Morgan fingerprint density at radius 3 is 2.42 bits per heavy atom. The van der Waals surface area contributed by atoms with E-state index < -0.39 is 0 Å². The third-order valence-electron chi connectivity index (χ3n) is 2.97. The zero-order valence-corrected chi connectivity index (χ0v) is 8.15. The summed E-state index contributed by atoms with van der Waals surface area (Å²) < 4.78 is 0. The van der Waals surface area contributed by atoms with Gasteiger partial charge in [-0.15, -0.1) is 0 Å². The Bertz CT molecular complexity index is 159. The second kappa shape index (κ2) is 4.04. The van der Waals surface area contributed by atoms with Crippen molar-refractivity contribution in [1.82, 2.24) is 5.32 Å². The fraction of sp³-hybridized carbons (Fsp3) is 0.900. The summed E-state index contributed by atoms with van der Waals surface area (Å²) in [5.41, 5.74) is -0.0126. The van der Waals surface area contributed by atoms with E-state index in [0.29, 0.717) is 12.3 Å². The lowest BCUT2D eigenvalue weighted by Gasteiger charge is -2.31. The minimum atomic E-state index is -0.0126. The van der Waals surface area contributed by atoms with Gasteiger partial charge in [-0.1, -0.05) is 26.2 Å². The molecule has 0 heterocycles. The molecule has 1 fully saturated rings. The minimum absolute atomic E-state index is 0.0126. The Balaban J connectivity index is 2.50. The van der Waals surface area contributed by atoms with Gasteiger partial charge in [0, 0.05) is 5.41 Å². The largest absolute Gasteiger partial charge is 0.313 e. The number of rotatable bonds is 3. The molecule has 0 bridgehead atoms. The summed E-state index contributed by atoms with van der Waals surface area (Å²) in [6.45, 7) is 2.66. The first-order valence-corrected chi connectivity index (χ1v) is 4.87. The maximum absolute atomic E-state index is 11.7. The lowest BCUT2D eigenvalue weighted by molar-refractivity contribution is -0.128. The van der Waals surface area contributed by atoms with Crippen LogP contribution in [0.2, 0.25) is 0 Å². The number of carbonyl (C=O) groups is 1. The normalized spacial score (nSPS) is 22.2. The van der Waals surface area contributed by atoms with Crippen LogP contribution in [-0.2, 0) is 4.79 Å². The molecule has 0 unspecified atom stereocenters. The minimum Gasteiger partial charge on any atom is -0.313 e. The van der Waals surface area contributed by atoms with Gasteiger partial charge in [-0.25, -0.2) is 0 Å². The quantitative estimate of drug-likeness (QED) is 0.697. The van der Waals surface area contributed by atoms with Crippen molar-refractivity contribution in [1.29, 1.82) is 0 Å². The molecule has 0 radical (unpaired) electrons. The topological polar surface area (TPSA) is 29.1 Å². The van der Waals surface area contributed by atoms with E-state index in [1.165, 1.54) is 19.3 Å². The van der Waals surface area contributed by atoms with Gasteiger partial charge in [-0.2, -0.15) is 0 Å². The van der Waals surface area contributed by atoms with Crippen LogP contribution in [0.4, 0.5) is 0 Å². The number of hydrogen-bond donors (Lipinski definition) is 1. The second-order valence-electron chi connectivity index (χ2n) is 4.07. The molecule has 1 saturated carbocycles. The summed E-state index contributed by atoms with van der Waals surface area (Å²) in [7, 11) is 1.84. The average molecular weight is 169 g/mol. The highest BCUT2D eigenvalue weighted by Gasteiger charge is 2.33. The Morgan fingerprint density at radius 1 is 1.33 bits per heavy atom. The summed E-state index contributed by atoms with van der Waals surface area (Å²) in [5.74, 6) is 0.393. The molecule has 2 heteroatoms. The molecule has 1 N–H and O–H groups in total. The molecular formula is C10H19NO. The van der Waals surface area contributed by atoms with Crippen molar-refractivity contribution in [2.75, 3.05) is 13.6 Å². The Labute approximate surface area is 74.7 Å². The molecule has 1 aliphatic carbocycles. The predicted octanol–water partition coefficient (Wildman–Crippen LogP) is 1.75. The lowest BCUT2D eigenvalue weighted by atomic mass is 9.73. The molecule has 2 nitrogen and oxygen atoms in total. The van der Waals surface area contributed by atoms with Crippen LogP contribution in [0, 0.1) is 5.41 Å². The Hall–Kier alpha value is -0.370. The molecule has 0 saturated heterocycles. The number of likely N-dealkylation sites (N-methyl/N-ethyl adjacent to an activating group) is 1. The number of nitrogens with one attached hydrogen (secondary N) is 1. The number of carbonyl (C=O) groups excluding carboxylic acids is 1. The van der Waals surface area contributed by atoms with Gasteiger partial charge in [0.15, 0.2) is 5.78 Å². The summed E-state index contributed by atoms with van der Waals surface area (Å²) in [6.07, 6.45) is 5.95. The molecule has 1 rings (SSSR count). The SMILES string of the molecule is CNCC(=O)C1(C)CCCCC1. The first-order valence-electron chi connectivity index (χ1n) is 4.87. The molecule has 12 heavy (non-hydrogen) atoms. The summed E-state index contributed by atoms with van der Waals surface area (Å²) >= 11 is 0. The van der Waals surface area contributed by atoms with Crippen LogP contribution in [0.15, 0.2) is 0 Å². The van der Waals surface area contributed by atoms with E-state index in [1.54, 1.807) is 0 Å². The van der Waals surface area contributed by atoms with Crippen molar-refractivity contribution >= 4 is 5.78 Å². The fourth-order valence-corrected chi connectivity index (χ4v) is 1.98. The van der Waals surface area contributed by atoms with E-state index in [9.17, 15) is 4.79 Å². The van der Waals surface area contributed by atoms with Crippen LogP contribution in [0.5, 0.6) is 0 Å². The van der Waals surface area contributed by atoms with Crippen LogP contribution in [0.25, 0.3) is 0 Å². The van der Waals surface area contributed by atoms with Crippen molar-refractivity contribution in [2.45, 2.75) is 39.0 Å². The number of hydrogen-bond acceptors (Lipinski definition) is 2. The van der Waals surface area contributed by atoms with Crippen LogP contribution in [-0.4, -0.2) is 19.4 Å². The van der Waals surface area contributed by atoms with Crippen molar-refractivity contribution in [2.24, 2.45) is 5.41 Å². The van der Waals surface area contributed by atoms with Gasteiger partial charge in [-0.3, -0.25) is 4.79 Å². The molecule has 1 aliphatic rings. The highest BCUT2D eigenvalue weighted by Crippen LogP contribution is 2.36. The third-order valence-corrected chi connectivity index (χ3v) is 2.97. The van der Waals surface area contributed by atoms with Crippen molar-refractivity contribution < 1.29 is 4.79 Å². The predicted molar refractivity (Wildman–Crippen MR) is 50.1 cm³/mol. The first-order chi connectivity index (χ1) is 5.69. The molecule has 0 aromatic carbocycles. The van der Waals surface area contributed by atoms with Gasteiger partial charge < -0.3 is 5.32 Å². The third kappa shape index (κ3) is 2.07. The summed E-state index contributed by atoms with van der Waals surface area (Å²) in [5, 5.41) is 2.94. The van der Waals surface area contributed by atoms with Gasteiger partial charge in [-0.05, 0) is 19.9 Å². The molecule has 0 spiro atoms. The van der Waals surface area contributed by atoms with Gasteiger partial charge in [0.2, 0.25) is 0 Å². The van der Waals surface area contributed by atoms with Gasteiger partial charge >= 0.3 is 0 Å². The van der Waals surface area contributed by atoms with Gasteiger partial charge in [0.25, 0.3) is 0 Å². The van der Waals surface area contributed by atoms with Crippen LogP contribution < -0.4 is 5.32 Å². The van der Waals surface area contributed by atoms with Crippen LogP contribution in [0.1, 0.15) is 39.0 Å². The molecule has 0 aromatic rings. The zero-order chi connectivity index (χ0) is 9.03. The van der Waals surface area contributed by atoms with Gasteiger partial charge in [0.05, 0.1) is 6.54 Å². The Kier molecular flexibility index (Phi) is 3.27. The van der Waals surface area contributed by atoms with Crippen molar-refractivity contribution in [3.8, 4) is 0 Å². The fourth-order valence-electron chi connectivity index (χ4n) is 1.98. The lowest BCUT2D eigenvalue weighted by Crippen LogP contribution is -2.36. The highest BCUT2D eigenvalue weighted by atomic mass is 16.1. The molecule has 0 aliphatic heterocycles. The standard InChI is InChI=1S/C10H19NO/c1-10(9(12)8-11-2)6-4-3-5-7-10/h11H,3-8H2,1-2H3. The van der Waals surface area contributed by atoms with E-state index >= 15 is 0 Å².